The summed E-state index contributed by atoms with van der Waals surface area (Å²) in [5, 5.41) is 8.07. The van der Waals surface area contributed by atoms with Gasteiger partial charge in [0.05, 0.1) is 24.2 Å². The predicted molar refractivity (Wildman–Crippen MR) is 72.2 cm³/mol. The van der Waals surface area contributed by atoms with E-state index in [1.807, 2.05) is 4.68 Å². The number of carbonyl (C=O) groups is 1. The third kappa shape index (κ3) is 3.08. The van der Waals surface area contributed by atoms with Crippen LogP contribution >= 0.6 is 11.6 Å². The van der Waals surface area contributed by atoms with Crippen molar-refractivity contribution in [2.75, 3.05) is 6.61 Å². The molecule has 0 unspecified atom stereocenters. The van der Waals surface area contributed by atoms with Crippen LogP contribution < -0.4 is 0 Å². The van der Waals surface area contributed by atoms with Gasteiger partial charge in [0.15, 0.2) is 5.69 Å². The molecule has 0 N–H and O–H groups in total. The van der Waals surface area contributed by atoms with Gasteiger partial charge < -0.3 is 4.74 Å². The van der Waals surface area contributed by atoms with E-state index in [0.29, 0.717) is 18.3 Å². The van der Waals surface area contributed by atoms with Gasteiger partial charge >= 0.3 is 5.97 Å². The summed E-state index contributed by atoms with van der Waals surface area (Å²) in [4.78, 5) is 11.8. The molecule has 0 radical (unpaired) electrons. The monoisotopic (exact) mass is 285 g/mol. The van der Waals surface area contributed by atoms with E-state index in [4.69, 9.17) is 16.3 Å². The molecule has 6 heteroatoms. The average molecular weight is 286 g/mol. The number of ether oxygens (including phenoxy) is 1. The molecule has 0 amide bonds. The highest BCUT2D eigenvalue weighted by Crippen LogP contribution is 2.32. The lowest BCUT2D eigenvalue weighted by atomic mass is 9.87. The molecule has 1 aliphatic rings. The molecule has 0 bridgehead atoms. The van der Waals surface area contributed by atoms with E-state index >= 15 is 0 Å². The van der Waals surface area contributed by atoms with Crippen LogP contribution in [0.4, 0.5) is 0 Å². The first-order chi connectivity index (χ1) is 9.17. The molecule has 0 saturated heterocycles. The van der Waals surface area contributed by atoms with E-state index in [9.17, 15) is 4.79 Å². The Labute approximate surface area is 118 Å². The number of hydrogen-bond donors (Lipinski definition) is 0. The van der Waals surface area contributed by atoms with Gasteiger partial charge in [-0.1, -0.05) is 12.1 Å². The predicted octanol–water partition coefficient (Wildman–Crippen LogP) is 2.94. The molecule has 106 valence electrons. The Morgan fingerprint density at radius 1 is 1.42 bits per heavy atom. The van der Waals surface area contributed by atoms with Crippen LogP contribution in [0.25, 0.3) is 0 Å². The number of hydrogen-bond acceptors (Lipinski definition) is 4. The van der Waals surface area contributed by atoms with Crippen molar-refractivity contribution in [3.05, 3.63) is 11.4 Å². The number of aromatic nitrogens is 3. The third-order valence-electron chi connectivity index (χ3n) is 3.72. The van der Waals surface area contributed by atoms with E-state index in [-0.39, 0.29) is 11.6 Å². The molecule has 1 heterocycles. The minimum atomic E-state index is -0.437. The second-order valence-electron chi connectivity index (χ2n) is 5.10. The van der Waals surface area contributed by atoms with Crippen LogP contribution in [0.15, 0.2) is 0 Å². The molecule has 1 aliphatic carbocycles. The number of esters is 1. The van der Waals surface area contributed by atoms with E-state index in [2.05, 4.69) is 17.2 Å². The Bertz CT molecular complexity index is 439. The van der Waals surface area contributed by atoms with E-state index in [0.717, 1.165) is 18.8 Å². The Hall–Kier alpha value is -1.10. The first kappa shape index (κ1) is 14.3. The van der Waals surface area contributed by atoms with E-state index in [1.165, 1.54) is 12.8 Å². The summed E-state index contributed by atoms with van der Waals surface area (Å²) in [7, 11) is 0. The number of alkyl halides is 1. The van der Waals surface area contributed by atoms with Crippen molar-refractivity contribution in [1.82, 2.24) is 15.0 Å². The highest BCUT2D eigenvalue weighted by molar-refractivity contribution is 6.17. The zero-order chi connectivity index (χ0) is 13.8. The lowest BCUT2D eigenvalue weighted by molar-refractivity contribution is 0.0518. The summed E-state index contributed by atoms with van der Waals surface area (Å²) in [6.45, 7) is 4.36. The first-order valence-electron chi connectivity index (χ1n) is 6.84. The van der Waals surface area contributed by atoms with Crippen LogP contribution in [-0.2, 0) is 10.6 Å². The maximum Gasteiger partial charge on any atom is 0.360 e. The maximum atomic E-state index is 11.8. The van der Waals surface area contributed by atoms with Crippen LogP contribution in [0, 0.1) is 5.92 Å². The van der Waals surface area contributed by atoms with Crippen LogP contribution in [0.3, 0.4) is 0 Å². The topological polar surface area (TPSA) is 57.0 Å². The summed E-state index contributed by atoms with van der Waals surface area (Å²) in [5.74, 6) is 0.560. The molecular formula is C13H20ClN3O2. The Morgan fingerprint density at radius 3 is 2.68 bits per heavy atom. The number of rotatable bonds is 4. The molecular weight excluding hydrogens is 266 g/mol. The Kier molecular flexibility index (Phi) is 4.80. The quantitative estimate of drug-likeness (QED) is 0.630. The molecule has 0 atom stereocenters. The van der Waals surface area contributed by atoms with Crippen LogP contribution in [0.5, 0.6) is 0 Å². The molecule has 19 heavy (non-hydrogen) atoms. The van der Waals surface area contributed by atoms with Crippen molar-refractivity contribution in [1.29, 1.82) is 0 Å². The van der Waals surface area contributed by atoms with Gasteiger partial charge in [0.25, 0.3) is 0 Å². The lowest BCUT2D eigenvalue weighted by Gasteiger charge is -2.26. The van der Waals surface area contributed by atoms with Crippen molar-refractivity contribution in [3.63, 3.8) is 0 Å². The highest BCUT2D eigenvalue weighted by Gasteiger charge is 2.26. The zero-order valence-electron chi connectivity index (χ0n) is 11.4. The molecule has 5 nitrogen and oxygen atoms in total. The van der Waals surface area contributed by atoms with Gasteiger partial charge in [-0.05, 0) is 38.5 Å². The average Bonchev–Trinajstić information content (AvgIpc) is 2.83. The number of nitrogens with zero attached hydrogens (tertiary/aromatic N) is 3. The van der Waals surface area contributed by atoms with Crippen LogP contribution in [0.2, 0.25) is 0 Å². The van der Waals surface area contributed by atoms with Gasteiger partial charge in [0.2, 0.25) is 0 Å². The molecule has 0 aliphatic heterocycles. The zero-order valence-corrected chi connectivity index (χ0v) is 12.2. The van der Waals surface area contributed by atoms with Crippen molar-refractivity contribution >= 4 is 17.6 Å². The number of halogens is 1. The largest absolute Gasteiger partial charge is 0.461 e. The normalized spacial score (nSPS) is 23.3. The fraction of sp³-hybridized carbons (Fsp3) is 0.769. The smallest absolute Gasteiger partial charge is 0.360 e. The minimum Gasteiger partial charge on any atom is -0.461 e. The highest BCUT2D eigenvalue weighted by atomic mass is 35.5. The molecule has 1 aromatic rings. The summed E-state index contributed by atoms with van der Waals surface area (Å²) in [5.41, 5.74) is 0.940. The van der Waals surface area contributed by atoms with Crippen molar-refractivity contribution in [2.24, 2.45) is 5.92 Å². The van der Waals surface area contributed by atoms with Gasteiger partial charge in [0.1, 0.15) is 0 Å². The summed E-state index contributed by atoms with van der Waals surface area (Å²) >= 11 is 5.96. The molecule has 1 aromatic heterocycles. The standard InChI is InChI=1S/C13H20ClN3O2/c1-3-19-13(18)12-11(8-14)17(16-15-12)10-6-4-9(2)5-7-10/h9-10H,3-8H2,1-2H3. The molecule has 0 aromatic carbocycles. The molecule has 0 spiro atoms. The first-order valence-corrected chi connectivity index (χ1v) is 7.38. The summed E-state index contributed by atoms with van der Waals surface area (Å²) in [6, 6.07) is 0.306. The number of carbonyl (C=O) groups excluding carboxylic acids is 1. The van der Waals surface area contributed by atoms with Crippen molar-refractivity contribution in [2.45, 2.75) is 51.5 Å². The lowest BCUT2D eigenvalue weighted by Crippen LogP contribution is -2.20. The minimum absolute atomic E-state index is 0.229. The summed E-state index contributed by atoms with van der Waals surface area (Å²) < 4.78 is 6.80. The maximum absolute atomic E-state index is 11.8. The fourth-order valence-electron chi connectivity index (χ4n) is 2.58. The van der Waals surface area contributed by atoms with Gasteiger partial charge in [-0.2, -0.15) is 0 Å². The fourth-order valence-corrected chi connectivity index (χ4v) is 2.83. The summed E-state index contributed by atoms with van der Waals surface area (Å²) in [6.07, 6.45) is 4.50. The second kappa shape index (κ2) is 6.37. The Morgan fingerprint density at radius 2 is 2.11 bits per heavy atom. The second-order valence-corrected chi connectivity index (χ2v) is 5.36. The van der Waals surface area contributed by atoms with E-state index < -0.39 is 5.97 Å². The van der Waals surface area contributed by atoms with Gasteiger partial charge in [-0.15, -0.1) is 16.7 Å². The Balaban J connectivity index is 2.19. The third-order valence-corrected chi connectivity index (χ3v) is 3.97. The van der Waals surface area contributed by atoms with Crippen molar-refractivity contribution in [3.8, 4) is 0 Å². The van der Waals surface area contributed by atoms with Crippen LogP contribution in [0.1, 0.15) is 61.8 Å². The molecule has 1 saturated carbocycles. The SMILES string of the molecule is CCOC(=O)c1nnn(C2CCC(C)CC2)c1CCl. The van der Waals surface area contributed by atoms with Crippen LogP contribution in [-0.4, -0.2) is 27.6 Å². The molecule has 2 rings (SSSR count). The van der Waals surface area contributed by atoms with Gasteiger partial charge in [0, 0.05) is 0 Å². The molecule has 1 fully saturated rings. The van der Waals surface area contributed by atoms with Gasteiger partial charge in [-0.3, -0.25) is 0 Å². The van der Waals surface area contributed by atoms with Crippen molar-refractivity contribution < 1.29 is 9.53 Å². The van der Waals surface area contributed by atoms with E-state index in [1.54, 1.807) is 6.92 Å². The van der Waals surface area contributed by atoms with Gasteiger partial charge in [-0.25, -0.2) is 9.48 Å².